The third-order valence-electron chi connectivity index (χ3n) is 13.2. The molecule has 0 saturated heterocycles. The van der Waals surface area contributed by atoms with E-state index in [-0.39, 0.29) is 5.41 Å². The molecule has 0 spiro atoms. The number of benzene rings is 9. The van der Waals surface area contributed by atoms with Crippen LogP contribution in [-0.4, -0.2) is 0 Å². The summed E-state index contributed by atoms with van der Waals surface area (Å²) in [6.07, 6.45) is 0. The molecule has 0 radical (unpaired) electrons. The molecule has 2 heteroatoms. The van der Waals surface area contributed by atoms with E-state index in [4.69, 9.17) is 4.42 Å². The molecule has 9 aromatic carbocycles. The van der Waals surface area contributed by atoms with Crippen LogP contribution >= 0.6 is 0 Å². The Morgan fingerprint density at radius 3 is 1.68 bits per heavy atom. The lowest BCUT2D eigenvalue weighted by Gasteiger charge is -2.34. The maximum absolute atomic E-state index is 6.86. The highest BCUT2D eigenvalue weighted by Gasteiger charge is 2.47. The standard InChI is InChI=1S/C57H39NO/c1-56(38-19-5-2-6-20-38)47-29-14-12-27-45(47)54-50(56)31-18-32-51(54)58(52-33-17-28-44-43-26-13-16-34-53(43)59-55(44)52)41-35-36-49-46(37-41)42-25-11-15-30-48(42)57(49,39-21-7-3-8-22-39)40-23-9-4-10-24-40/h2-37H,1H3. The molecule has 0 amide bonds. The molecule has 2 nitrogen and oxygen atoms in total. The van der Waals surface area contributed by atoms with Gasteiger partial charge in [0.15, 0.2) is 5.58 Å². The molecule has 278 valence electrons. The van der Waals surface area contributed by atoms with E-state index in [0.29, 0.717) is 0 Å². The molecule has 10 aromatic rings. The van der Waals surface area contributed by atoms with Crippen molar-refractivity contribution in [2.24, 2.45) is 0 Å². The number of hydrogen-bond donors (Lipinski definition) is 0. The molecule has 0 N–H and O–H groups in total. The summed E-state index contributed by atoms with van der Waals surface area (Å²) >= 11 is 0. The van der Waals surface area contributed by atoms with Crippen LogP contribution in [0.2, 0.25) is 0 Å². The van der Waals surface area contributed by atoms with Crippen molar-refractivity contribution in [3.63, 3.8) is 0 Å². The third kappa shape index (κ3) is 4.63. The SMILES string of the molecule is CC1(c2ccccc2)c2ccccc2-c2c(N(c3ccc4c(c3)-c3ccccc3C4(c3ccccc3)c3ccccc3)c3cccc4c3oc3ccccc34)cccc21. The van der Waals surface area contributed by atoms with Crippen LogP contribution in [0.1, 0.15) is 45.9 Å². The second-order valence-corrected chi connectivity index (χ2v) is 16.1. The summed E-state index contributed by atoms with van der Waals surface area (Å²) in [6.45, 7) is 2.39. The largest absolute Gasteiger partial charge is 0.454 e. The predicted octanol–water partition coefficient (Wildman–Crippen LogP) is 14.8. The van der Waals surface area contributed by atoms with Crippen LogP contribution in [-0.2, 0) is 10.8 Å². The van der Waals surface area contributed by atoms with Gasteiger partial charge in [-0.3, -0.25) is 0 Å². The van der Waals surface area contributed by atoms with Crippen molar-refractivity contribution in [1.82, 2.24) is 0 Å². The van der Waals surface area contributed by atoms with E-state index in [1.807, 2.05) is 0 Å². The Bertz CT molecular complexity index is 3200. The third-order valence-corrected chi connectivity index (χ3v) is 13.2. The molecule has 0 saturated carbocycles. The zero-order valence-electron chi connectivity index (χ0n) is 32.6. The minimum absolute atomic E-state index is 0.345. The van der Waals surface area contributed by atoms with Gasteiger partial charge in [-0.25, -0.2) is 0 Å². The Kier molecular flexibility index (Phi) is 7.31. The van der Waals surface area contributed by atoms with Gasteiger partial charge in [-0.1, -0.05) is 188 Å². The van der Waals surface area contributed by atoms with Crippen molar-refractivity contribution >= 4 is 39.0 Å². The van der Waals surface area contributed by atoms with Gasteiger partial charge in [-0.15, -0.1) is 0 Å². The summed E-state index contributed by atoms with van der Waals surface area (Å²) in [7, 11) is 0. The molecule has 2 aliphatic carbocycles. The highest BCUT2D eigenvalue weighted by molar-refractivity contribution is 6.11. The van der Waals surface area contributed by atoms with Gasteiger partial charge >= 0.3 is 0 Å². The zero-order chi connectivity index (χ0) is 39.1. The van der Waals surface area contributed by atoms with E-state index in [1.54, 1.807) is 0 Å². The number of furan rings is 1. The molecule has 2 aliphatic rings. The number of hydrogen-bond acceptors (Lipinski definition) is 2. The molecule has 12 rings (SSSR count). The number of fused-ring (bicyclic) bond motifs is 9. The highest BCUT2D eigenvalue weighted by Crippen LogP contribution is 2.60. The average Bonchev–Trinajstić information content (AvgIpc) is 3.93. The van der Waals surface area contributed by atoms with Crippen LogP contribution in [0.4, 0.5) is 17.1 Å². The average molecular weight is 754 g/mol. The van der Waals surface area contributed by atoms with Gasteiger partial charge in [0.2, 0.25) is 0 Å². The summed E-state index contributed by atoms with van der Waals surface area (Å²) in [5.41, 5.74) is 18.1. The summed E-state index contributed by atoms with van der Waals surface area (Å²) < 4.78 is 6.86. The van der Waals surface area contributed by atoms with E-state index in [0.717, 1.165) is 39.0 Å². The van der Waals surface area contributed by atoms with Gasteiger partial charge in [-0.05, 0) is 92.9 Å². The first-order valence-electron chi connectivity index (χ1n) is 20.5. The fraction of sp³-hybridized carbons (Fsp3) is 0.0526. The van der Waals surface area contributed by atoms with Crippen LogP contribution in [0.25, 0.3) is 44.2 Å². The van der Waals surface area contributed by atoms with Crippen molar-refractivity contribution in [3.05, 3.63) is 257 Å². The summed E-state index contributed by atoms with van der Waals surface area (Å²) in [6, 6.07) is 80.0. The monoisotopic (exact) mass is 753 g/mol. The molecule has 0 aliphatic heterocycles. The van der Waals surface area contributed by atoms with Gasteiger partial charge < -0.3 is 9.32 Å². The topological polar surface area (TPSA) is 16.4 Å². The second kappa shape index (κ2) is 12.8. The minimum Gasteiger partial charge on any atom is -0.454 e. The Labute approximate surface area is 344 Å². The molecule has 0 fully saturated rings. The molecule has 1 aromatic heterocycles. The van der Waals surface area contributed by atoms with Crippen LogP contribution in [0.3, 0.4) is 0 Å². The molecular formula is C57H39NO. The van der Waals surface area contributed by atoms with Crippen molar-refractivity contribution < 1.29 is 4.42 Å². The maximum Gasteiger partial charge on any atom is 0.159 e. The highest BCUT2D eigenvalue weighted by atomic mass is 16.3. The summed E-state index contributed by atoms with van der Waals surface area (Å²) in [5, 5.41) is 2.21. The first-order valence-corrected chi connectivity index (χ1v) is 20.5. The fourth-order valence-electron chi connectivity index (χ4n) is 10.7. The second-order valence-electron chi connectivity index (χ2n) is 16.1. The smallest absolute Gasteiger partial charge is 0.159 e. The molecule has 1 unspecified atom stereocenters. The van der Waals surface area contributed by atoms with Crippen molar-refractivity contribution in [3.8, 4) is 22.3 Å². The van der Waals surface area contributed by atoms with Gasteiger partial charge in [-0.2, -0.15) is 0 Å². The number of nitrogens with zero attached hydrogens (tertiary/aromatic N) is 1. The molecule has 0 bridgehead atoms. The Balaban J connectivity index is 1.17. The Hall–Kier alpha value is -7.42. The number of rotatable bonds is 6. The first kappa shape index (κ1) is 33.7. The lowest BCUT2D eigenvalue weighted by Crippen LogP contribution is -2.28. The van der Waals surface area contributed by atoms with Crippen molar-refractivity contribution in [2.45, 2.75) is 17.8 Å². The van der Waals surface area contributed by atoms with Gasteiger partial charge in [0.25, 0.3) is 0 Å². The van der Waals surface area contributed by atoms with E-state index in [9.17, 15) is 0 Å². The van der Waals surface area contributed by atoms with Crippen LogP contribution < -0.4 is 4.90 Å². The van der Waals surface area contributed by atoms with Gasteiger partial charge in [0.1, 0.15) is 5.58 Å². The van der Waals surface area contributed by atoms with Gasteiger partial charge in [0, 0.05) is 27.4 Å². The van der Waals surface area contributed by atoms with Crippen LogP contribution in [0.15, 0.2) is 223 Å². The summed E-state index contributed by atoms with van der Waals surface area (Å²) in [5.74, 6) is 0. The maximum atomic E-state index is 6.86. The molecule has 59 heavy (non-hydrogen) atoms. The molecular weight excluding hydrogens is 715 g/mol. The van der Waals surface area contributed by atoms with Crippen LogP contribution in [0.5, 0.6) is 0 Å². The lowest BCUT2D eigenvalue weighted by molar-refractivity contribution is 0.669. The zero-order valence-corrected chi connectivity index (χ0v) is 32.6. The van der Waals surface area contributed by atoms with E-state index >= 15 is 0 Å². The van der Waals surface area contributed by atoms with E-state index in [1.165, 1.54) is 61.2 Å². The van der Waals surface area contributed by atoms with E-state index in [2.05, 4.69) is 230 Å². The minimum atomic E-state index is -0.485. The number of anilines is 3. The van der Waals surface area contributed by atoms with Crippen molar-refractivity contribution in [1.29, 1.82) is 0 Å². The first-order chi connectivity index (χ1) is 29.2. The molecule has 1 heterocycles. The number of para-hydroxylation sites is 2. The van der Waals surface area contributed by atoms with Crippen molar-refractivity contribution in [2.75, 3.05) is 4.90 Å². The fourth-order valence-corrected chi connectivity index (χ4v) is 10.7. The summed E-state index contributed by atoms with van der Waals surface area (Å²) in [4.78, 5) is 2.46. The lowest BCUT2D eigenvalue weighted by atomic mass is 9.68. The predicted molar refractivity (Wildman–Crippen MR) is 243 cm³/mol. The quantitative estimate of drug-likeness (QED) is 0.168. The molecule has 1 atom stereocenters. The Morgan fingerprint density at radius 2 is 0.932 bits per heavy atom. The van der Waals surface area contributed by atoms with Gasteiger partial charge in [0.05, 0.1) is 16.8 Å². The Morgan fingerprint density at radius 1 is 0.390 bits per heavy atom. The van der Waals surface area contributed by atoms with E-state index < -0.39 is 5.41 Å². The van der Waals surface area contributed by atoms with Crippen LogP contribution in [0, 0.1) is 0 Å². The normalized spacial score (nSPS) is 15.7.